The maximum Gasteiger partial charge on any atom is 0.212 e. The number of imidazole rings is 2. The van der Waals surface area contributed by atoms with Crippen molar-refractivity contribution < 1.29 is 0 Å². The van der Waals surface area contributed by atoms with Crippen LogP contribution in [0.4, 0.5) is 0 Å². The second-order valence-corrected chi connectivity index (χ2v) is 12.1. The normalized spacial score (nSPS) is 13.8. The van der Waals surface area contributed by atoms with Gasteiger partial charge in [-0.3, -0.25) is 0 Å². The molecule has 37 heavy (non-hydrogen) atoms. The largest absolute Gasteiger partial charge is 0.217 e. The maximum atomic E-state index is 4.97. The zero-order valence-corrected chi connectivity index (χ0v) is 22.9. The Kier molecular flexibility index (Phi) is 5.48. The van der Waals surface area contributed by atoms with Crippen molar-refractivity contribution in [1.82, 2.24) is 29.2 Å². The van der Waals surface area contributed by atoms with E-state index in [0.717, 1.165) is 45.6 Å². The Balaban J connectivity index is 1.20. The second-order valence-electron chi connectivity index (χ2n) is 10.1. The van der Waals surface area contributed by atoms with Gasteiger partial charge in [-0.05, 0) is 57.1 Å². The fraction of sp³-hybridized carbons (Fsp3) is 0.310. The number of hydrogen-bond acceptors (Lipinski definition) is 6. The van der Waals surface area contributed by atoms with Crippen molar-refractivity contribution in [2.24, 2.45) is 0 Å². The monoisotopic (exact) mass is 524 g/mol. The van der Waals surface area contributed by atoms with Crippen molar-refractivity contribution in [1.29, 1.82) is 0 Å². The lowest BCUT2D eigenvalue weighted by atomic mass is 9.93. The molecule has 4 aromatic heterocycles. The van der Waals surface area contributed by atoms with Crippen molar-refractivity contribution in [3.63, 3.8) is 0 Å². The van der Waals surface area contributed by atoms with Crippen molar-refractivity contribution in [3.05, 3.63) is 81.1 Å². The maximum absolute atomic E-state index is 4.97. The Morgan fingerprint density at radius 3 is 1.86 bits per heavy atom. The molecule has 0 aliphatic heterocycles. The van der Waals surface area contributed by atoms with E-state index in [1.165, 1.54) is 51.2 Å². The van der Waals surface area contributed by atoms with Crippen molar-refractivity contribution in [3.8, 4) is 22.5 Å². The van der Waals surface area contributed by atoms with Crippen LogP contribution >= 0.6 is 22.7 Å². The Morgan fingerprint density at radius 1 is 0.784 bits per heavy atom. The smallest absolute Gasteiger partial charge is 0.212 e. The Morgan fingerprint density at radius 2 is 1.35 bits per heavy atom. The first-order valence-corrected chi connectivity index (χ1v) is 14.6. The van der Waals surface area contributed by atoms with Gasteiger partial charge < -0.3 is 0 Å². The number of aromatic nitrogens is 6. The molecule has 1 saturated carbocycles. The summed E-state index contributed by atoms with van der Waals surface area (Å²) in [6.45, 7) is 6.45. The van der Waals surface area contributed by atoms with Gasteiger partial charge in [-0.15, -0.1) is 0 Å². The highest BCUT2D eigenvalue weighted by atomic mass is 32.1. The molecule has 0 radical (unpaired) electrons. The van der Waals surface area contributed by atoms with E-state index in [9.17, 15) is 0 Å². The van der Waals surface area contributed by atoms with E-state index in [4.69, 9.17) is 15.1 Å². The summed E-state index contributed by atoms with van der Waals surface area (Å²) in [5, 5.41) is 11.8. The van der Waals surface area contributed by atoms with Crippen LogP contribution in [-0.2, 0) is 19.3 Å². The molecule has 0 spiro atoms. The molecule has 2 aromatic carbocycles. The quantitative estimate of drug-likeness (QED) is 0.224. The van der Waals surface area contributed by atoms with Crippen LogP contribution in [0.15, 0.2) is 48.8 Å². The minimum atomic E-state index is 0.657. The highest BCUT2D eigenvalue weighted by Crippen LogP contribution is 2.42. The minimum Gasteiger partial charge on any atom is -0.217 e. The summed E-state index contributed by atoms with van der Waals surface area (Å²) in [5.74, 6) is 0.657. The fourth-order valence-corrected chi connectivity index (χ4v) is 6.85. The SMILES string of the molecule is CCc1nn2cc(-c3ccc(C)cc3CCc3cc(C)ccc3-c3cn4nc(C5CC5)sc4n3)nc2s1. The van der Waals surface area contributed by atoms with Gasteiger partial charge in [-0.2, -0.15) is 10.2 Å². The molecule has 1 aliphatic rings. The summed E-state index contributed by atoms with van der Waals surface area (Å²) in [7, 11) is 0. The molecule has 8 heteroatoms. The number of nitrogens with zero attached hydrogens (tertiary/aromatic N) is 6. The molecular formula is C29H28N6S2. The summed E-state index contributed by atoms with van der Waals surface area (Å²) in [6.07, 6.45) is 9.49. The van der Waals surface area contributed by atoms with Crippen LogP contribution in [0.25, 0.3) is 32.4 Å². The Labute approximate surface area is 223 Å². The molecule has 7 rings (SSSR count). The average molecular weight is 525 g/mol. The molecule has 4 heterocycles. The summed E-state index contributed by atoms with van der Waals surface area (Å²) >= 11 is 3.40. The van der Waals surface area contributed by atoms with Crippen LogP contribution in [0.2, 0.25) is 0 Å². The Hall–Kier alpha value is -3.36. The lowest BCUT2D eigenvalue weighted by Gasteiger charge is -2.12. The predicted molar refractivity (Wildman–Crippen MR) is 151 cm³/mol. The number of rotatable bonds is 7. The first-order valence-electron chi connectivity index (χ1n) is 12.9. The molecule has 186 valence electrons. The van der Waals surface area contributed by atoms with E-state index in [2.05, 4.69) is 74.7 Å². The third-order valence-electron chi connectivity index (χ3n) is 7.11. The standard InChI is InChI=1S/C29H28N6S2/c1-4-26-32-34-15-24(30-28(34)36-26)22-11-5-17(2)13-20(22)9-10-21-14-18(3)6-12-23(21)25-16-35-29(31-25)37-27(33-35)19-7-8-19/h5-6,11-16,19H,4,7-10H2,1-3H3. The van der Waals surface area contributed by atoms with Gasteiger partial charge in [0, 0.05) is 17.0 Å². The van der Waals surface area contributed by atoms with Gasteiger partial charge in [-0.25, -0.2) is 19.0 Å². The molecule has 0 saturated heterocycles. The zero-order valence-electron chi connectivity index (χ0n) is 21.2. The van der Waals surface area contributed by atoms with Crippen LogP contribution in [0.1, 0.15) is 58.0 Å². The van der Waals surface area contributed by atoms with Crippen molar-refractivity contribution in [2.45, 2.75) is 58.8 Å². The number of aryl methyl sites for hydroxylation is 5. The fourth-order valence-electron chi connectivity index (χ4n) is 4.98. The highest BCUT2D eigenvalue weighted by Gasteiger charge is 2.28. The lowest BCUT2D eigenvalue weighted by molar-refractivity contribution is 0.904. The average Bonchev–Trinajstić information content (AvgIpc) is 3.17. The third kappa shape index (κ3) is 4.28. The van der Waals surface area contributed by atoms with Gasteiger partial charge >= 0.3 is 0 Å². The van der Waals surface area contributed by atoms with Gasteiger partial charge in [0.1, 0.15) is 10.0 Å². The van der Waals surface area contributed by atoms with E-state index < -0.39 is 0 Å². The van der Waals surface area contributed by atoms with Gasteiger partial charge in [0.25, 0.3) is 0 Å². The van der Waals surface area contributed by atoms with Crippen LogP contribution in [0.5, 0.6) is 0 Å². The topological polar surface area (TPSA) is 60.4 Å². The molecule has 6 nitrogen and oxygen atoms in total. The molecule has 1 fully saturated rings. The molecule has 1 aliphatic carbocycles. The first kappa shape index (κ1) is 22.8. The molecule has 0 amide bonds. The van der Waals surface area contributed by atoms with Crippen LogP contribution in [-0.4, -0.2) is 29.2 Å². The van der Waals surface area contributed by atoms with E-state index in [-0.39, 0.29) is 0 Å². The summed E-state index contributed by atoms with van der Waals surface area (Å²) in [4.78, 5) is 11.8. The molecule has 0 N–H and O–H groups in total. The highest BCUT2D eigenvalue weighted by molar-refractivity contribution is 7.17. The molecule has 0 atom stereocenters. The zero-order chi connectivity index (χ0) is 25.1. The summed E-state index contributed by atoms with van der Waals surface area (Å²) in [6, 6.07) is 13.4. The van der Waals surface area contributed by atoms with E-state index in [1.54, 1.807) is 22.7 Å². The summed E-state index contributed by atoms with van der Waals surface area (Å²) < 4.78 is 3.90. The number of hydrogen-bond donors (Lipinski definition) is 0. The van der Waals surface area contributed by atoms with Crippen molar-refractivity contribution in [2.75, 3.05) is 0 Å². The molecule has 6 aromatic rings. The van der Waals surface area contributed by atoms with Gasteiger partial charge in [0.15, 0.2) is 0 Å². The Bertz CT molecular complexity index is 1700. The van der Waals surface area contributed by atoms with Gasteiger partial charge in [0.2, 0.25) is 9.92 Å². The third-order valence-corrected chi connectivity index (χ3v) is 9.26. The van der Waals surface area contributed by atoms with E-state index in [1.807, 2.05) is 9.03 Å². The molecule has 0 unspecified atom stereocenters. The van der Waals surface area contributed by atoms with Crippen LogP contribution in [0.3, 0.4) is 0 Å². The number of fused-ring (bicyclic) bond motifs is 2. The van der Waals surface area contributed by atoms with Gasteiger partial charge in [0.05, 0.1) is 23.8 Å². The lowest BCUT2D eigenvalue weighted by Crippen LogP contribution is -1.98. The second kappa shape index (κ2) is 8.89. The van der Waals surface area contributed by atoms with Crippen LogP contribution < -0.4 is 0 Å². The predicted octanol–water partition coefficient (Wildman–Crippen LogP) is 7.07. The van der Waals surface area contributed by atoms with Gasteiger partial charge in [-0.1, -0.05) is 77.1 Å². The summed E-state index contributed by atoms with van der Waals surface area (Å²) in [5.41, 5.74) is 9.56. The van der Waals surface area contributed by atoms with Crippen molar-refractivity contribution >= 4 is 32.6 Å². The first-order chi connectivity index (χ1) is 18.0. The minimum absolute atomic E-state index is 0.657. The van der Waals surface area contributed by atoms with E-state index in [0.29, 0.717) is 5.92 Å². The molecule has 0 bridgehead atoms. The molecular weight excluding hydrogens is 496 g/mol. The van der Waals surface area contributed by atoms with Crippen LogP contribution in [0, 0.1) is 13.8 Å². The van der Waals surface area contributed by atoms with E-state index >= 15 is 0 Å². The number of benzene rings is 2.